The molecule has 4 N–H and O–H groups in total. The van der Waals surface area contributed by atoms with Crippen molar-refractivity contribution in [2.45, 2.75) is 26.8 Å². The van der Waals surface area contributed by atoms with E-state index in [4.69, 9.17) is 10.3 Å². The quantitative estimate of drug-likeness (QED) is 0.496. The second-order valence-corrected chi connectivity index (χ2v) is 5.81. The van der Waals surface area contributed by atoms with Crippen molar-refractivity contribution >= 4 is 33.3 Å². The summed E-state index contributed by atoms with van der Waals surface area (Å²) in [5.41, 5.74) is 2.51. The van der Waals surface area contributed by atoms with Crippen LogP contribution in [0.15, 0.2) is 22.6 Å². The molecule has 0 aliphatic carbocycles. The maximum Gasteiger partial charge on any atom is 0.240 e. The molecule has 3 rings (SSSR count). The minimum atomic E-state index is 0.408. The zero-order valence-electron chi connectivity index (χ0n) is 11.9. The van der Waals surface area contributed by atoms with Crippen LogP contribution in [-0.4, -0.2) is 9.97 Å². The predicted octanol–water partition coefficient (Wildman–Crippen LogP) is 3.05. The van der Waals surface area contributed by atoms with Crippen LogP contribution < -0.4 is 16.6 Å². The van der Waals surface area contributed by atoms with Crippen molar-refractivity contribution in [3.05, 3.63) is 34.6 Å². The van der Waals surface area contributed by atoms with E-state index in [9.17, 15) is 0 Å². The Bertz CT molecular complexity index is 764. The van der Waals surface area contributed by atoms with Gasteiger partial charge in [0.25, 0.3) is 0 Å². The summed E-state index contributed by atoms with van der Waals surface area (Å²) in [4.78, 5) is 11.0. The maximum atomic E-state index is 5.56. The molecule has 0 amide bonds. The average Bonchev–Trinajstić information content (AvgIpc) is 3.10. The highest BCUT2D eigenvalue weighted by atomic mass is 32.1. The summed E-state index contributed by atoms with van der Waals surface area (Å²) in [6, 6.07) is 6.02. The number of fused-ring (bicyclic) bond motifs is 1. The molecule has 0 spiro atoms. The number of nitrogen functional groups attached to an aromatic ring is 1. The smallest absolute Gasteiger partial charge is 0.240 e. The van der Waals surface area contributed by atoms with E-state index >= 15 is 0 Å². The third-order valence-corrected chi connectivity index (χ3v) is 4.32. The van der Waals surface area contributed by atoms with Gasteiger partial charge in [-0.2, -0.15) is 4.98 Å². The van der Waals surface area contributed by atoms with Crippen LogP contribution in [0.4, 0.5) is 11.8 Å². The fraction of sp³-hybridized carbons (Fsp3) is 0.286. The summed E-state index contributed by atoms with van der Waals surface area (Å²) in [7, 11) is 0. The van der Waals surface area contributed by atoms with Gasteiger partial charge in [0.05, 0.1) is 11.9 Å². The molecule has 0 saturated carbocycles. The summed E-state index contributed by atoms with van der Waals surface area (Å²) in [5.74, 6) is 8.38. The molecule has 21 heavy (non-hydrogen) atoms. The van der Waals surface area contributed by atoms with Crippen LogP contribution >= 0.6 is 11.3 Å². The first-order valence-corrected chi connectivity index (χ1v) is 7.57. The second-order valence-electron chi connectivity index (χ2n) is 4.69. The number of hydrazine groups is 1. The van der Waals surface area contributed by atoms with E-state index < -0.39 is 0 Å². The molecule has 0 bridgehead atoms. The summed E-state index contributed by atoms with van der Waals surface area (Å²) in [6.07, 6.45) is 0.975. The first kappa shape index (κ1) is 13.8. The van der Waals surface area contributed by atoms with Crippen molar-refractivity contribution in [1.29, 1.82) is 0 Å². The third kappa shape index (κ3) is 2.84. The lowest BCUT2D eigenvalue weighted by Gasteiger charge is -2.07. The second kappa shape index (κ2) is 5.71. The van der Waals surface area contributed by atoms with Crippen molar-refractivity contribution in [2.24, 2.45) is 5.84 Å². The van der Waals surface area contributed by atoms with Gasteiger partial charge >= 0.3 is 0 Å². The van der Waals surface area contributed by atoms with Crippen LogP contribution in [0.25, 0.3) is 10.2 Å². The molecule has 0 atom stereocenters. The Morgan fingerprint density at radius 2 is 2.19 bits per heavy atom. The highest BCUT2D eigenvalue weighted by Gasteiger charge is 2.11. The number of nitrogens with one attached hydrogen (secondary N) is 2. The number of aromatic nitrogens is 2. The average molecular weight is 303 g/mol. The van der Waals surface area contributed by atoms with E-state index in [-0.39, 0.29) is 0 Å². The van der Waals surface area contributed by atoms with Gasteiger partial charge in [-0.05, 0) is 31.5 Å². The van der Waals surface area contributed by atoms with Crippen LogP contribution in [0.2, 0.25) is 0 Å². The Morgan fingerprint density at radius 3 is 2.86 bits per heavy atom. The van der Waals surface area contributed by atoms with E-state index in [1.807, 2.05) is 19.1 Å². The van der Waals surface area contributed by atoms with Gasteiger partial charge in [0.1, 0.15) is 22.2 Å². The van der Waals surface area contributed by atoms with Crippen LogP contribution in [0.3, 0.4) is 0 Å². The van der Waals surface area contributed by atoms with Gasteiger partial charge in [-0.25, -0.2) is 10.8 Å². The topological polar surface area (TPSA) is 89.0 Å². The first-order valence-electron chi connectivity index (χ1n) is 6.76. The Labute approximate surface area is 126 Å². The number of thiophene rings is 1. The summed E-state index contributed by atoms with van der Waals surface area (Å²) in [6.45, 7) is 4.62. The molecule has 110 valence electrons. The van der Waals surface area contributed by atoms with Crippen molar-refractivity contribution in [3.63, 3.8) is 0 Å². The van der Waals surface area contributed by atoms with Crippen molar-refractivity contribution in [2.75, 3.05) is 10.7 Å². The number of nitrogens with zero attached hydrogens (tertiary/aromatic N) is 2. The molecule has 0 aliphatic heterocycles. The molecule has 3 heterocycles. The number of rotatable bonds is 5. The summed E-state index contributed by atoms with van der Waals surface area (Å²) >= 11 is 1.66. The zero-order valence-corrected chi connectivity index (χ0v) is 12.8. The third-order valence-electron chi connectivity index (χ3n) is 3.15. The summed E-state index contributed by atoms with van der Waals surface area (Å²) < 4.78 is 5.56. The van der Waals surface area contributed by atoms with E-state index in [1.54, 1.807) is 11.3 Å². The predicted molar refractivity (Wildman–Crippen MR) is 85.4 cm³/mol. The van der Waals surface area contributed by atoms with Gasteiger partial charge in [0.15, 0.2) is 0 Å². The van der Waals surface area contributed by atoms with Gasteiger partial charge in [-0.1, -0.05) is 6.92 Å². The van der Waals surface area contributed by atoms with E-state index in [0.29, 0.717) is 12.5 Å². The number of hydrogen-bond donors (Lipinski definition) is 3. The number of nitrogens with two attached hydrogens (primary N) is 1. The highest BCUT2D eigenvalue weighted by Crippen LogP contribution is 2.30. The minimum absolute atomic E-state index is 0.408. The van der Waals surface area contributed by atoms with Crippen molar-refractivity contribution < 1.29 is 4.42 Å². The number of anilines is 2. The van der Waals surface area contributed by atoms with Crippen molar-refractivity contribution in [1.82, 2.24) is 9.97 Å². The van der Waals surface area contributed by atoms with Crippen LogP contribution in [0.1, 0.15) is 23.3 Å². The largest absolute Gasteiger partial charge is 0.465 e. The lowest BCUT2D eigenvalue weighted by atomic mass is 10.3. The van der Waals surface area contributed by atoms with Crippen LogP contribution in [0.5, 0.6) is 0 Å². The molecule has 0 unspecified atom stereocenters. The standard InChI is InChI=1S/C14H17N5OS/c1-3-10-6-11-12(16-7-9-5-4-8(2)20-9)17-14(19-15)18-13(11)21-10/h4-6H,3,7,15H2,1-2H3,(H2,16,17,18,19). The van der Waals surface area contributed by atoms with Crippen LogP contribution in [0, 0.1) is 6.92 Å². The molecule has 0 radical (unpaired) electrons. The first-order chi connectivity index (χ1) is 10.2. The Morgan fingerprint density at radius 1 is 1.33 bits per heavy atom. The molecule has 0 fully saturated rings. The Kier molecular flexibility index (Phi) is 3.76. The highest BCUT2D eigenvalue weighted by molar-refractivity contribution is 7.18. The van der Waals surface area contributed by atoms with Gasteiger partial charge < -0.3 is 9.73 Å². The number of hydrogen-bond acceptors (Lipinski definition) is 7. The molecular formula is C14H17N5OS. The fourth-order valence-corrected chi connectivity index (χ4v) is 3.06. The molecule has 3 aromatic rings. The molecular weight excluding hydrogens is 286 g/mol. The molecule has 0 saturated heterocycles. The monoisotopic (exact) mass is 303 g/mol. The lowest BCUT2D eigenvalue weighted by molar-refractivity contribution is 0.490. The van der Waals surface area contributed by atoms with Gasteiger partial charge in [0.2, 0.25) is 5.95 Å². The SMILES string of the molecule is CCc1cc2c(NCc3ccc(C)o3)nc(NN)nc2s1. The normalized spacial score (nSPS) is 11.0. The number of furan rings is 1. The van der Waals surface area contributed by atoms with E-state index in [0.717, 1.165) is 34.0 Å². The van der Waals surface area contributed by atoms with Gasteiger partial charge in [-0.3, -0.25) is 5.43 Å². The molecule has 6 nitrogen and oxygen atoms in total. The van der Waals surface area contributed by atoms with E-state index in [1.165, 1.54) is 4.88 Å². The molecule has 3 aromatic heterocycles. The Balaban J connectivity index is 1.93. The fourth-order valence-electron chi connectivity index (χ4n) is 2.10. The number of aryl methyl sites for hydroxylation is 2. The Hall–Kier alpha value is -2.12. The van der Waals surface area contributed by atoms with Crippen molar-refractivity contribution in [3.8, 4) is 0 Å². The molecule has 0 aliphatic rings. The lowest BCUT2D eigenvalue weighted by Crippen LogP contribution is -2.12. The van der Waals surface area contributed by atoms with Crippen LogP contribution in [-0.2, 0) is 13.0 Å². The minimum Gasteiger partial charge on any atom is -0.465 e. The van der Waals surface area contributed by atoms with E-state index in [2.05, 4.69) is 33.7 Å². The maximum absolute atomic E-state index is 5.56. The summed E-state index contributed by atoms with van der Waals surface area (Å²) in [5, 5.41) is 4.31. The van der Waals surface area contributed by atoms with Gasteiger partial charge in [-0.15, -0.1) is 11.3 Å². The zero-order chi connectivity index (χ0) is 14.8. The van der Waals surface area contributed by atoms with Gasteiger partial charge in [0, 0.05) is 4.88 Å². The molecule has 0 aromatic carbocycles. The molecule has 7 heteroatoms.